The topological polar surface area (TPSA) is 47.9 Å². The van der Waals surface area contributed by atoms with E-state index in [9.17, 15) is 0 Å². The molecule has 0 radical (unpaired) electrons. The fraction of sp³-hybridized carbons (Fsp3) is 1.00. The van der Waals surface area contributed by atoms with Crippen molar-refractivity contribution in [3.05, 3.63) is 0 Å². The molecule has 2 aliphatic rings. The fourth-order valence-corrected chi connectivity index (χ4v) is 2.05. The van der Waals surface area contributed by atoms with Crippen molar-refractivity contribution in [2.24, 2.45) is 0 Å². The third-order valence-electron chi connectivity index (χ3n) is 2.56. The fourth-order valence-electron chi connectivity index (χ4n) is 2.05. The van der Waals surface area contributed by atoms with E-state index in [0.717, 1.165) is 0 Å². The molecule has 0 aliphatic carbocycles. The quantitative estimate of drug-likeness (QED) is 0.642. The molecule has 0 aromatic carbocycles. The van der Waals surface area contributed by atoms with E-state index in [1.165, 1.54) is 0 Å². The van der Waals surface area contributed by atoms with Gasteiger partial charge >= 0.3 is 0 Å². The highest BCUT2D eigenvalue weighted by molar-refractivity contribution is 4.96. The average Bonchev–Trinajstić information content (AvgIpc) is 2.47. The van der Waals surface area contributed by atoms with Gasteiger partial charge in [0.1, 0.15) is 18.3 Å². The number of ether oxygens (including phenoxy) is 3. The summed E-state index contributed by atoms with van der Waals surface area (Å²) in [4.78, 5) is 0. The third-order valence-corrected chi connectivity index (χ3v) is 2.56. The molecule has 0 amide bonds. The Morgan fingerprint density at radius 3 is 2.46 bits per heavy atom. The molecule has 4 heteroatoms. The Bertz CT molecular complexity index is 204. The molecular weight excluding hydrogens is 172 g/mol. The lowest BCUT2D eigenvalue weighted by Crippen LogP contribution is -2.31. The summed E-state index contributed by atoms with van der Waals surface area (Å²) in [6, 6.07) is 0. The molecule has 0 aromatic heterocycles. The monoisotopic (exact) mass is 188 g/mol. The molecule has 0 spiro atoms. The first-order valence-electron chi connectivity index (χ1n) is 4.65. The van der Waals surface area contributed by atoms with Crippen LogP contribution in [0.3, 0.4) is 0 Å². The third kappa shape index (κ3) is 1.48. The first kappa shape index (κ1) is 9.40. The van der Waals surface area contributed by atoms with Gasteiger partial charge in [0.15, 0.2) is 5.79 Å². The Labute approximate surface area is 77.8 Å². The van der Waals surface area contributed by atoms with Crippen molar-refractivity contribution >= 4 is 0 Å². The Morgan fingerprint density at radius 1 is 1.23 bits per heavy atom. The van der Waals surface area contributed by atoms with Crippen molar-refractivity contribution in [2.45, 2.75) is 51.0 Å². The van der Waals surface area contributed by atoms with Crippen molar-refractivity contribution < 1.29 is 19.3 Å². The maximum atomic E-state index is 9.04. The zero-order valence-electron chi connectivity index (χ0n) is 8.19. The number of aliphatic hydroxyl groups is 1. The van der Waals surface area contributed by atoms with Crippen molar-refractivity contribution in [1.29, 1.82) is 0 Å². The van der Waals surface area contributed by atoms with E-state index in [0.29, 0.717) is 0 Å². The number of fused-ring (bicyclic) bond motifs is 1. The van der Waals surface area contributed by atoms with Gasteiger partial charge in [0, 0.05) is 0 Å². The summed E-state index contributed by atoms with van der Waals surface area (Å²) in [5, 5.41) is 9.04. The van der Waals surface area contributed by atoms with Crippen molar-refractivity contribution in [3.8, 4) is 0 Å². The molecule has 1 N–H and O–H groups in total. The summed E-state index contributed by atoms with van der Waals surface area (Å²) in [5.41, 5.74) is 0. The maximum Gasteiger partial charge on any atom is 0.164 e. The van der Waals surface area contributed by atoms with Crippen LogP contribution in [0.4, 0.5) is 0 Å². The zero-order valence-corrected chi connectivity index (χ0v) is 8.19. The lowest BCUT2D eigenvalue weighted by molar-refractivity contribution is -0.188. The van der Waals surface area contributed by atoms with Gasteiger partial charge in [-0.1, -0.05) is 0 Å². The van der Waals surface area contributed by atoms with Crippen LogP contribution in [0, 0.1) is 0 Å². The molecule has 4 nitrogen and oxygen atoms in total. The van der Waals surface area contributed by atoms with Crippen molar-refractivity contribution in [1.82, 2.24) is 0 Å². The SMILES string of the molecule is CC1OC(CO)[C@H]2OC(C)(C)O[C@@H]12. The van der Waals surface area contributed by atoms with Gasteiger partial charge in [-0.2, -0.15) is 0 Å². The normalized spacial score (nSPS) is 48.0. The summed E-state index contributed by atoms with van der Waals surface area (Å²) in [6.07, 6.45) is -0.382. The number of rotatable bonds is 1. The van der Waals surface area contributed by atoms with Gasteiger partial charge in [0.25, 0.3) is 0 Å². The van der Waals surface area contributed by atoms with Crippen LogP contribution in [0.1, 0.15) is 20.8 Å². The lowest BCUT2D eigenvalue weighted by atomic mass is 10.1. The van der Waals surface area contributed by atoms with Crippen LogP contribution in [0.25, 0.3) is 0 Å². The molecule has 2 fully saturated rings. The molecule has 0 bridgehead atoms. The molecule has 2 heterocycles. The van der Waals surface area contributed by atoms with Crippen molar-refractivity contribution in [2.75, 3.05) is 6.61 Å². The van der Waals surface area contributed by atoms with Crippen LogP contribution in [0.15, 0.2) is 0 Å². The molecular formula is C9H16O4. The van der Waals surface area contributed by atoms with E-state index < -0.39 is 5.79 Å². The predicted octanol–water partition coefficient (Wildman–Crippen LogP) is 0.286. The predicted molar refractivity (Wildman–Crippen MR) is 45.2 cm³/mol. The summed E-state index contributed by atoms with van der Waals surface area (Å²) in [7, 11) is 0. The number of hydrogen-bond donors (Lipinski definition) is 1. The molecule has 13 heavy (non-hydrogen) atoms. The van der Waals surface area contributed by atoms with Crippen LogP contribution >= 0.6 is 0 Å². The van der Waals surface area contributed by atoms with Gasteiger partial charge in [-0.15, -0.1) is 0 Å². The first-order chi connectivity index (χ1) is 6.03. The number of aliphatic hydroxyl groups excluding tert-OH is 1. The minimum Gasteiger partial charge on any atom is -0.394 e. The highest BCUT2D eigenvalue weighted by atomic mass is 16.8. The average molecular weight is 188 g/mol. The van der Waals surface area contributed by atoms with Gasteiger partial charge in [0.2, 0.25) is 0 Å². The zero-order chi connectivity index (χ0) is 9.64. The second kappa shape index (κ2) is 2.92. The second-order valence-electron chi connectivity index (χ2n) is 4.13. The van der Waals surface area contributed by atoms with Crippen LogP contribution in [-0.2, 0) is 14.2 Å². The van der Waals surface area contributed by atoms with Crippen LogP contribution in [0.2, 0.25) is 0 Å². The Hall–Kier alpha value is -0.160. The Kier molecular flexibility index (Phi) is 2.11. The molecule has 2 aliphatic heterocycles. The van der Waals surface area contributed by atoms with Crippen LogP contribution in [0.5, 0.6) is 0 Å². The summed E-state index contributed by atoms with van der Waals surface area (Å²) in [6.45, 7) is 5.70. The molecule has 0 aromatic rings. The van der Waals surface area contributed by atoms with E-state index >= 15 is 0 Å². The lowest BCUT2D eigenvalue weighted by Gasteiger charge is -2.22. The van der Waals surface area contributed by atoms with Gasteiger partial charge in [-0.25, -0.2) is 0 Å². The van der Waals surface area contributed by atoms with E-state index in [2.05, 4.69) is 0 Å². The van der Waals surface area contributed by atoms with Gasteiger partial charge in [-0.3, -0.25) is 0 Å². The molecule has 2 unspecified atom stereocenters. The molecule has 0 saturated carbocycles. The van der Waals surface area contributed by atoms with Gasteiger partial charge in [-0.05, 0) is 20.8 Å². The smallest absolute Gasteiger partial charge is 0.164 e. The van der Waals surface area contributed by atoms with E-state index in [1.54, 1.807) is 0 Å². The minimum atomic E-state index is -0.541. The first-order valence-corrected chi connectivity index (χ1v) is 4.65. The maximum absolute atomic E-state index is 9.04. The molecule has 4 atom stereocenters. The van der Waals surface area contributed by atoms with Crippen molar-refractivity contribution in [3.63, 3.8) is 0 Å². The number of hydrogen-bond acceptors (Lipinski definition) is 4. The summed E-state index contributed by atoms with van der Waals surface area (Å²) < 4.78 is 16.8. The minimum absolute atomic E-state index is 0.00363. The largest absolute Gasteiger partial charge is 0.394 e. The standard InChI is InChI=1S/C9H16O4/c1-5-7-8(6(4-10)11-5)13-9(2,3)12-7/h5-8,10H,4H2,1-3H3/t5?,6?,7-,8+/m0/s1. The second-order valence-corrected chi connectivity index (χ2v) is 4.13. The highest BCUT2D eigenvalue weighted by Crippen LogP contribution is 2.38. The van der Waals surface area contributed by atoms with Gasteiger partial charge < -0.3 is 19.3 Å². The molecule has 2 saturated heterocycles. The summed E-state index contributed by atoms with van der Waals surface area (Å²) in [5.74, 6) is -0.541. The van der Waals surface area contributed by atoms with Crippen LogP contribution in [-0.4, -0.2) is 41.9 Å². The Morgan fingerprint density at radius 2 is 1.85 bits per heavy atom. The highest BCUT2D eigenvalue weighted by Gasteiger charge is 2.53. The van der Waals surface area contributed by atoms with E-state index in [-0.39, 0.29) is 31.0 Å². The van der Waals surface area contributed by atoms with E-state index in [4.69, 9.17) is 19.3 Å². The van der Waals surface area contributed by atoms with Gasteiger partial charge in [0.05, 0.1) is 12.7 Å². The van der Waals surface area contributed by atoms with E-state index in [1.807, 2.05) is 20.8 Å². The summed E-state index contributed by atoms with van der Waals surface area (Å²) >= 11 is 0. The Balaban J connectivity index is 2.12. The molecule has 76 valence electrons. The van der Waals surface area contributed by atoms with Crippen LogP contribution < -0.4 is 0 Å². The molecule has 2 rings (SSSR count).